The Labute approximate surface area is 117 Å². The van der Waals surface area contributed by atoms with Crippen molar-refractivity contribution in [3.05, 3.63) is 29.6 Å². The van der Waals surface area contributed by atoms with E-state index in [2.05, 4.69) is 0 Å². The number of aromatic hydroxyl groups is 1. The van der Waals surface area contributed by atoms with Gasteiger partial charge in [-0.1, -0.05) is 18.9 Å². The van der Waals surface area contributed by atoms with Crippen LogP contribution in [0.1, 0.15) is 44.2 Å². The van der Waals surface area contributed by atoms with Crippen LogP contribution < -0.4 is 0 Å². The number of hydrogen-bond donors (Lipinski definition) is 2. The zero-order chi connectivity index (χ0) is 14.7. The predicted molar refractivity (Wildman–Crippen MR) is 73.1 cm³/mol. The first-order valence-corrected chi connectivity index (χ1v) is 6.95. The zero-order valence-corrected chi connectivity index (χ0v) is 11.6. The van der Waals surface area contributed by atoms with E-state index >= 15 is 0 Å². The first-order chi connectivity index (χ1) is 9.49. The molecule has 5 heteroatoms. The Morgan fingerprint density at radius 1 is 1.45 bits per heavy atom. The molecule has 1 atom stereocenters. The van der Waals surface area contributed by atoms with E-state index in [1.165, 1.54) is 12.1 Å². The maximum atomic E-state index is 14.0. The smallest absolute Gasteiger partial charge is 0.317 e. The third-order valence-corrected chi connectivity index (χ3v) is 4.04. The SMILES string of the molecule is CC(c1ccc(O)cc1F)N(CC(=O)O)C1CCCC1. The van der Waals surface area contributed by atoms with E-state index in [1.807, 2.05) is 11.8 Å². The van der Waals surface area contributed by atoms with Crippen molar-refractivity contribution in [1.29, 1.82) is 0 Å². The van der Waals surface area contributed by atoms with Gasteiger partial charge in [0.05, 0.1) is 6.54 Å². The van der Waals surface area contributed by atoms with Crippen LogP contribution in [0.15, 0.2) is 18.2 Å². The minimum Gasteiger partial charge on any atom is -0.508 e. The van der Waals surface area contributed by atoms with Crippen molar-refractivity contribution >= 4 is 5.97 Å². The lowest BCUT2D eigenvalue weighted by atomic mass is 10.0. The Balaban J connectivity index is 2.24. The van der Waals surface area contributed by atoms with Crippen LogP contribution in [0.4, 0.5) is 4.39 Å². The number of halogens is 1. The molecule has 1 aliphatic rings. The fraction of sp³-hybridized carbons (Fsp3) is 0.533. The second-order valence-electron chi connectivity index (χ2n) is 5.39. The number of carboxylic acid groups (broad SMARTS) is 1. The molecule has 2 rings (SSSR count). The summed E-state index contributed by atoms with van der Waals surface area (Å²) >= 11 is 0. The average Bonchev–Trinajstić information content (AvgIpc) is 2.88. The summed E-state index contributed by atoms with van der Waals surface area (Å²) in [4.78, 5) is 12.9. The molecule has 2 N–H and O–H groups in total. The lowest BCUT2D eigenvalue weighted by Gasteiger charge is -2.33. The molecule has 1 aromatic carbocycles. The van der Waals surface area contributed by atoms with Gasteiger partial charge in [0.2, 0.25) is 0 Å². The number of carbonyl (C=O) groups is 1. The van der Waals surface area contributed by atoms with Gasteiger partial charge in [0.1, 0.15) is 11.6 Å². The summed E-state index contributed by atoms with van der Waals surface area (Å²) in [7, 11) is 0. The van der Waals surface area contributed by atoms with Crippen molar-refractivity contribution in [3.8, 4) is 5.75 Å². The third-order valence-electron chi connectivity index (χ3n) is 4.04. The quantitative estimate of drug-likeness (QED) is 0.871. The molecule has 1 saturated carbocycles. The Kier molecular flexibility index (Phi) is 4.60. The topological polar surface area (TPSA) is 60.8 Å². The molecule has 20 heavy (non-hydrogen) atoms. The van der Waals surface area contributed by atoms with Crippen molar-refractivity contribution in [2.75, 3.05) is 6.54 Å². The number of aliphatic carboxylic acids is 1. The van der Waals surface area contributed by atoms with Crippen molar-refractivity contribution in [2.45, 2.75) is 44.7 Å². The number of benzene rings is 1. The second-order valence-corrected chi connectivity index (χ2v) is 5.39. The van der Waals surface area contributed by atoms with Gasteiger partial charge in [-0.05, 0) is 25.8 Å². The summed E-state index contributed by atoms with van der Waals surface area (Å²) in [6, 6.07) is 3.89. The maximum Gasteiger partial charge on any atom is 0.317 e. The highest BCUT2D eigenvalue weighted by Gasteiger charge is 2.30. The number of phenolic OH excluding ortho intramolecular Hbond substituents is 1. The first-order valence-electron chi connectivity index (χ1n) is 6.95. The summed E-state index contributed by atoms with van der Waals surface area (Å²) in [5, 5.41) is 18.3. The number of nitrogens with zero attached hydrogens (tertiary/aromatic N) is 1. The molecular weight excluding hydrogens is 261 g/mol. The molecule has 1 aromatic rings. The molecule has 0 spiro atoms. The van der Waals surface area contributed by atoms with E-state index in [0.29, 0.717) is 5.56 Å². The van der Waals surface area contributed by atoms with Crippen LogP contribution in [-0.4, -0.2) is 33.7 Å². The number of rotatable bonds is 5. The third kappa shape index (κ3) is 3.28. The molecular formula is C15H20FNO3. The minimum absolute atomic E-state index is 0.0911. The average molecular weight is 281 g/mol. The molecule has 0 radical (unpaired) electrons. The Morgan fingerprint density at radius 2 is 2.10 bits per heavy atom. The van der Waals surface area contributed by atoms with Gasteiger partial charge in [0.25, 0.3) is 0 Å². The lowest BCUT2D eigenvalue weighted by Crippen LogP contribution is -2.39. The van der Waals surface area contributed by atoms with E-state index in [1.54, 1.807) is 0 Å². The highest BCUT2D eigenvalue weighted by molar-refractivity contribution is 5.69. The zero-order valence-electron chi connectivity index (χ0n) is 11.6. The predicted octanol–water partition coefficient (Wildman–Crippen LogP) is 2.92. The summed E-state index contributed by atoms with van der Waals surface area (Å²) in [6.07, 6.45) is 4.09. The summed E-state index contributed by atoms with van der Waals surface area (Å²) in [6.45, 7) is 1.73. The number of hydrogen-bond acceptors (Lipinski definition) is 3. The number of carboxylic acids is 1. The molecule has 0 bridgehead atoms. The molecule has 0 aliphatic heterocycles. The van der Waals surface area contributed by atoms with Crippen LogP contribution >= 0.6 is 0 Å². The van der Waals surface area contributed by atoms with Crippen molar-refractivity contribution in [1.82, 2.24) is 4.90 Å². The summed E-state index contributed by atoms with van der Waals surface area (Å²) in [5.41, 5.74) is 0.427. The van der Waals surface area contributed by atoms with E-state index in [4.69, 9.17) is 5.11 Å². The van der Waals surface area contributed by atoms with Gasteiger partial charge in [-0.25, -0.2) is 4.39 Å². The van der Waals surface area contributed by atoms with Gasteiger partial charge < -0.3 is 10.2 Å². The van der Waals surface area contributed by atoms with Gasteiger partial charge in [-0.15, -0.1) is 0 Å². The minimum atomic E-state index is -0.900. The van der Waals surface area contributed by atoms with Crippen LogP contribution in [0.2, 0.25) is 0 Å². The fourth-order valence-electron chi connectivity index (χ4n) is 3.01. The lowest BCUT2D eigenvalue weighted by molar-refractivity contribution is -0.139. The van der Waals surface area contributed by atoms with Crippen molar-refractivity contribution < 1.29 is 19.4 Å². The van der Waals surface area contributed by atoms with Crippen molar-refractivity contribution in [3.63, 3.8) is 0 Å². The molecule has 1 aliphatic carbocycles. The Bertz CT molecular complexity index is 486. The van der Waals surface area contributed by atoms with E-state index in [9.17, 15) is 14.3 Å². The molecule has 110 valence electrons. The molecule has 4 nitrogen and oxygen atoms in total. The van der Waals surface area contributed by atoms with E-state index < -0.39 is 11.8 Å². The van der Waals surface area contributed by atoms with Crippen LogP contribution in [0.3, 0.4) is 0 Å². The van der Waals surface area contributed by atoms with E-state index in [0.717, 1.165) is 31.7 Å². The monoisotopic (exact) mass is 281 g/mol. The maximum absolute atomic E-state index is 14.0. The highest BCUT2D eigenvalue weighted by atomic mass is 19.1. The van der Waals surface area contributed by atoms with Crippen LogP contribution in [-0.2, 0) is 4.79 Å². The van der Waals surface area contributed by atoms with Gasteiger partial charge in [0.15, 0.2) is 0 Å². The molecule has 1 fully saturated rings. The van der Waals surface area contributed by atoms with Crippen LogP contribution in [0.25, 0.3) is 0 Å². The Morgan fingerprint density at radius 3 is 2.65 bits per heavy atom. The highest BCUT2D eigenvalue weighted by Crippen LogP contribution is 2.32. The molecule has 0 heterocycles. The molecule has 0 amide bonds. The standard InChI is InChI=1S/C15H20FNO3/c1-10(13-7-6-12(18)8-14(13)16)17(9-15(19)20)11-4-2-3-5-11/h6-8,10-11,18H,2-5,9H2,1H3,(H,19,20). The second kappa shape index (κ2) is 6.22. The van der Waals surface area contributed by atoms with Crippen LogP contribution in [0, 0.1) is 5.82 Å². The van der Waals surface area contributed by atoms with Gasteiger partial charge in [-0.3, -0.25) is 9.69 Å². The largest absolute Gasteiger partial charge is 0.508 e. The van der Waals surface area contributed by atoms with E-state index in [-0.39, 0.29) is 24.4 Å². The van der Waals surface area contributed by atoms with Gasteiger partial charge >= 0.3 is 5.97 Å². The fourth-order valence-corrected chi connectivity index (χ4v) is 3.01. The summed E-state index contributed by atoms with van der Waals surface area (Å²) in [5.74, 6) is -1.52. The molecule has 0 saturated heterocycles. The molecule has 1 unspecified atom stereocenters. The molecule has 0 aromatic heterocycles. The van der Waals surface area contributed by atoms with Gasteiger partial charge in [-0.2, -0.15) is 0 Å². The number of phenols is 1. The van der Waals surface area contributed by atoms with Crippen LogP contribution in [0.5, 0.6) is 5.75 Å². The Hall–Kier alpha value is -1.62. The normalized spacial score (nSPS) is 17.6. The van der Waals surface area contributed by atoms with Crippen molar-refractivity contribution in [2.24, 2.45) is 0 Å². The first kappa shape index (κ1) is 14.8. The summed E-state index contributed by atoms with van der Waals surface area (Å²) < 4.78 is 14.0. The van der Waals surface area contributed by atoms with Gasteiger partial charge in [0, 0.05) is 23.7 Å².